The second-order valence-corrected chi connectivity index (χ2v) is 7.67. The molecule has 1 heterocycles. The van der Waals surface area contributed by atoms with Crippen LogP contribution in [-0.2, 0) is 19.2 Å². The summed E-state index contributed by atoms with van der Waals surface area (Å²) in [6.07, 6.45) is 0. The fraction of sp³-hybridized carbons (Fsp3) is 0.0769. The quantitative estimate of drug-likeness (QED) is 0.488. The topological polar surface area (TPSA) is 108 Å². The van der Waals surface area contributed by atoms with E-state index in [9.17, 15) is 19.2 Å². The van der Waals surface area contributed by atoms with E-state index in [0.29, 0.717) is 28.3 Å². The lowest BCUT2D eigenvalue weighted by Gasteiger charge is -2.15. The first-order valence-corrected chi connectivity index (χ1v) is 10.5. The number of amides is 4. The first-order chi connectivity index (χ1) is 16.3. The molecule has 3 aromatic rings. The number of nitrogens with zero attached hydrogens (tertiary/aromatic N) is 1. The van der Waals surface area contributed by atoms with Crippen molar-refractivity contribution in [3.63, 3.8) is 0 Å². The molecule has 0 saturated heterocycles. The van der Waals surface area contributed by atoms with E-state index in [1.807, 2.05) is 0 Å². The molecule has 0 spiro atoms. The maximum absolute atomic E-state index is 13.4. The maximum atomic E-state index is 13.4. The molecule has 3 aromatic carbocycles. The molecule has 8 nitrogen and oxygen atoms in total. The summed E-state index contributed by atoms with van der Waals surface area (Å²) in [5.74, 6) is -1.34. The second-order valence-electron chi connectivity index (χ2n) is 7.67. The first kappa shape index (κ1) is 22.5. The van der Waals surface area contributed by atoms with Crippen LogP contribution in [0.5, 0.6) is 0 Å². The predicted molar refractivity (Wildman–Crippen MR) is 131 cm³/mol. The summed E-state index contributed by atoms with van der Waals surface area (Å²) < 4.78 is 0. The van der Waals surface area contributed by atoms with Crippen molar-refractivity contribution in [3.05, 3.63) is 90.1 Å². The Morgan fingerprint density at radius 1 is 0.647 bits per heavy atom. The third kappa shape index (κ3) is 4.71. The molecule has 0 atom stereocenters. The maximum Gasteiger partial charge on any atom is 0.282 e. The Balaban J connectivity index is 1.73. The van der Waals surface area contributed by atoms with Crippen molar-refractivity contribution in [2.75, 3.05) is 20.9 Å². The number of rotatable bonds is 6. The van der Waals surface area contributed by atoms with Gasteiger partial charge in [-0.2, -0.15) is 0 Å². The van der Waals surface area contributed by atoms with Crippen LogP contribution in [-0.4, -0.2) is 23.6 Å². The standard InChI is InChI=1S/C26H22N4O4/c1-16(31)27-19-10-8-18(9-11-19)23-24(29-21-14-12-20(13-15-21)28-17(2)32)26(34)30(25(23)33)22-6-4-3-5-7-22/h3-15,29H,1-2H3,(H,27,31)(H,28,32). The molecule has 1 aliphatic heterocycles. The molecule has 170 valence electrons. The van der Waals surface area contributed by atoms with Gasteiger partial charge in [-0.15, -0.1) is 0 Å². The molecule has 3 N–H and O–H groups in total. The Morgan fingerprint density at radius 2 is 1.15 bits per heavy atom. The normalized spacial score (nSPS) is 13.2. The molecule has 1 aliphatic rings. The van der Waals surface area contributed by atoms with Crippen LogP contribution in [0.15, 0.2) is 84.6 Å². The Morgan fingerprint density at radius 3 is 1.68 bits per heavy atom. The summed E-state index contributed by atoms with van der Waals surface area (Å²) >= 11 is 0. The van der Waals surface area contributed by atoms with Crippen LogP contribution in [0.2, 0.25) is 0 Å². The fourth-order valence-electron chi connectivity index (χ4n) is 3.63. The summed E-state index contributed by atoms with van der Waals surface area (Å²) in [4.78, 5) is 50.6. The molecular formula is C26H22N4O4. The van der Waals surface area contributed by atoms with Gasteiger partial charge in [0, 0.05) is 30.9 Å². The number of imide groups is 1. The van der Waals surface area contributed by atoms with Gasteiger partial charge in [-0.3, -0.25) is 19.2 Å². The van der Waals surface area contributed by atoms with Crippen molar-refractivity contribution in [3.8, 4) is 0 Å². The minimum atomic E-state index is -0.483. The van der Waals surface area contributed by atoms with Gasteiger partial charge in [0.25, 0.3) is 11.8 Å². The van der Waals surface area contributed by atoms with Gasteiger partial charge in [-0.05, 0) is 54.1 Å². The van der Waals surface area contributed by atoms with Crippen LogP contribution in [0.3, 0.4) is 0 Å². The molecule has 34 heavy (non-hydrogen) atoms. The largest absolute Gasteiger partial charge is 0.350 e. The summed E-state index contributed by atoms with van der Waals surface area (Å²) in [6, 6.07) is 22.2. The van der Waals surface area contributed by atoms with Crippen molar-refractivity contribution in [1.29, 1.82) is 0 Å². The van der Waals surface area contributed by atoms with Crippen LogP contribution < -0.4 is 20.9 Å². The summed E-state index contributed by atoms with van der Waals surface area (Å²) in [6.45, 7) is 2.83. The van der Waals surface area contributed by atoms with Crippen LogP contribution in [0, 0.1) is 0 Å². The van der Waals surface area contributed by atoms with Crippen molar-refractivity contribution >= 4 is 52.0 Å². The molecule has 0 bridgehead atoms. The van der Waals surface area contributed by atoms with Crippen LogP contribution in [0.1, 0.15) is 19.4 Å². The average Bonchev–Trinajstić information content (AvgIpc) is 3.05. The molecule has 4 amide bonds. The third-order valence-corrected chi connectivity index (χ3v) is 5.07. The number of carbonyl (C=O) groups excluding carboxylic acids is 4. The Bertz CT molecular complexity index is 1300. The zero-order valence-electron chi connectivity index (χ0n) is 18.6. The van der Waals surface area contributed by atoms with E-state index in [4.69, 9.17) is 0 Å². The highest BCUT2D eigenvalue weighted by Crippen LogP contribution is 2.34. The van der Waals surface area contributed by atoms with Crippen LogP contribution in [0.4, 0.5) is 22.7 Å². The summed E-state index contributed by atoms with van der Waals surface area (Å²) in [5.41, 5.74) is 3.11. The lowest BCUT2D eigenvalue weighted by Crippen LogP contribution is -2.32. The zero-order valence-corrected chi connectivity index (χ0v) is 18.6. The smallest absolute Gasteiger partial charge is 0.282 e. The minimum Gasteiger partial charge on any atom is -0.350 e. The molecule has 0 aliphatic carbocycles. The number of benzene rings is 3. The van der Waals surface area contributed by atoms with Crippen LogP contribution in [0.25, 0.3) is 5.57 Å². The first-order valence-electron chi connectivity index (χ1n) is 10.5. The highest BCUT2D eigenvalue weighted by atomic mass is 16.2. The second kappa shape index (κ2) is 9.41. The number of hydrogen-bond acceptors (Lipinski definition) is 5. The zero-order chi connectivity index (χ0) is 24.2. The van der Waals surface area contributed by atoms with E-state index in [-0.39, 0.29) is 23.1 Å². The van der Waals surface area contributed by atoms with Gasteiger partial charge in [0.1, 0.15) is 5.70 Å². The highest BCUT2D eigenvalue weighted by Gasteiger charge is 2.40. The molecule has 0 saturated carbocycles. The number of carbonyl (C=O) groups is 4. The molecule has 4 rings (SSSR count). The molecule has 0 unspecified atom stereocenters. The molecule has 8 heteroatoms. The van der Waals surface area contributed by atoms with Gasteiger partial charge in [0.2, 0.25) is 11.8 Å². The minimum absolute atomic E-state index is 0.133. The van der Waals surface area contributed by atoms with E-state index < -0.39 is 11.8 Å². The Kier molecular flexibility index (Phi) is 6.22. The SMILES string of the molecule is CC(=O)Nc1ccc(NC2=C(c3ccc(NC(C)=O)cc3)C(=O)N(c3ccccc3)C2=O)cc1. The van der Waals surface area contributed by atoms with Gasteiger partial charge in [0.15, 0.2) is 0 Å². The highest BCUT2D eigenvalue weighted by molar-refractivity contribution is 6.46. The van der Waals surface area contributed by atoms with Gasteiger partial charge >= 0.3 is 0 Å². The van der Waals surface area contributed by atoms with Gasteiger partial charge in [0.05, 0.1) is 11.3 Å². The van der Waals surface area contributed by atoms with Crippen molar-refractivity contribution in [2.24, 2.45) is 0 Å². The van der Waals surface area contributed by atoms with Gasteiger partial charge in [-0.25, -0.2) is 4.90 Å². The summed E-state index contributed by atoms with van der Waals surface area (Å²) in [7, 11) is 0. The lowest BCUT2D eigenvalue weighted by molar-refractivity contribution is -0.120. The number of anilines is 4. The van der Waals surface area contributed by atoms with E-state index in [0.717, 1.165) is 4.90 Å². The fourth-order valence-corrected chi connectivity index (χ4v) is 3.63. The molecule has 0 aromatic heterocycles. The van der Waals surface area contributed by atoms with E-state index in [1.165, 1.54) is 13.8 Å². The van der Waals surface area contributed by atoms with E-state index in [2.05, 4.69) is 16.0 Å². The van der Waals surface area contributed by atoms with Crippen LogP contribution >= 0.6 is 0 Å². The Hall–Kier alpha value is -4.72. The molecule has 0 radical (unpaired) electrons. The number of nitrogens with one attached hydrogen (secondary N) is 3. The van der Waals surface area contributed by atoms with Crippen molar-refractivity contribution in [1.82, 2.24) is 0 Å². The van der Waals surface area contributed by atoms with E-state index in [1.54, 1.807) is 78.9 Å². The molecule has 0 fully saturated rings. The summed E-state index contributed by atoms with van der Waals surface area (Å²) in [5, 5.41) is 8.45. The molecular weight excluding hydrogens is 432 g/mol. The third-order valence-electron chi connectivity index (χ3n) is 5.07. The monoisotopic (exact) mass is 454 g/mol. The Labute approximate surface area is 196 Å². The van der Waals surface area contributed by atoms with E-state index >= 15 is 0 Å². The number of hydrogen-bond donors (Lipinski definition) is 3. The van der Waals surface area contributed by atoms with Crippen molar-refractivity contribution in [2.45, 2.75) is 13.8 Å². The predicted octanol–water partition coefficient (Wildman–Crippen LogP) is 4.00. The van der Waals surface area contributed by atoms with Crippen molar-refractivity contribution < 1.29 is 19.2 Å². The van der Waals surface area contributed by atoms with Gasteiger partial charge in [-0.1, -0.05) is 30.3 Å². The number of para-hydroxylation sites is 1. The lowest BCUT2D eigenvalue weighted by atomic mass is 10.0. The average molecular weight is 454 g/mol. The van der Waals surface area contributed by atoms with Gasteiger partial charge < -0.3 is 16.0 Å².